The number of nitrogens with one attached hydrogen (secondary N) is 1. The van der Waals surface area contributed by atoms with Crippen LogP contribution in [0.5, 0.6) is 0 Å². The van der Waals surface area contributed by atoms with E-state index in [2.05, 4.69) is 31.9 Å². The molecule has 1 amide bonds. The molecule has 1 unspecified atom stereocenters. The second kappa shape index (κ2) is 6.52. The Labute approximate surface area is 136 Å². The Kier molecular flexibility index (Phi) is 4.45. The highest BCUT2D eigenvalue weighted by molar-refractivity contribution is 5.92. The number of hydrogen-bond donors (Lipinski definition) is 1. The van der Waals surface area contributed by atoms with Crippen LogP contribution in [0.15, 0.2) is 12.7 Å². The molecule has 1 aliphatic carbocycles. The largest absolute Gasteiger partial charge is 0.314 e. The molecule has 3 rings (SSSR count). The van der Waals surface area contributed by atoms with Crippen LogP contribution in [0.2, 0.25) is 0 Å². The Bertz CT molecular complexity index is 673. The molecule has 1 aliphatic rings. The lowest BCUT2D eigenvalue weighted by Gasteiger charge is -2.20. The third-order valence-corrected chi connectivity index (χ3v) is 4.41. The van der Waals surface area contributed by atoms with E-state index in [0.717, 1.165) is 25.1 Å². The van der Waals surface area contributed by atoms with Gasteiger partial charge < -0.3 is 4.57 Å². The molecule has 2 aromatic rings. The van der Waals surface area contributed by atoms with Crippen LogP contribution in [-0.4, -0.2) is 30.2 Å². The molecular formula is C16H24N6O. The van der Waals surface area contributed by atoms with Crippen molar-refractivity contribution < 1.29 is 4.79 Å². The predicted octanol–water partition coefficient (Wildman–Crippen LogP) is 2.21. The lowest BCUT2D eigenvalue weighted by Crippen LogP contribution is -2.31. The first-order valence-electron chi connectivity index (χ1n) is 8.35. The van der Waals surface area contributed by atoms with E-state index < -0.39 is 6.04 Å². The number of aryl methyl sites for hydroxylation is 1. The summed E-state index contributed by atoms with van der Waals surface area (Å²) in [6.07, 6.45) is 7.45. The van der Waals surface area contributed by atoms with Crippen LogP contribution < -0.4 is 5.32 Å². The van der Waals surface area contributed by atoms with Crippen LogP contribution in [0.3, 0.4) is 0 Å². The van der Waals surface area contributed by atoms with Crippen molar-refractivity contribution in [3.05, 3.63) is 24.0 Å². The van der Waals surface area contributed by atoms with Gasteiger partial charge in [-0.1, -0.05) is 13.8 Å². The standard InChI is InChI=1S/C16H24N6O/c1-4-21-13-8-6-5-7-12(13)19-16(21)20-15(23)14(11(2)3)22-10-17-9-18-22/h9-11,14H,4-8H2,1-3H3,(H,19,20,23). The van der Waals surface area contributed by atoms with Crippen molar-refractivity contribution in [3.8, 4) is 0 Å². The van der Waals surface area contributed by atoms with Gasteiger partial charge in [0, 0.05) is 12.2 Å². The molecule has 23 heavy (non-hydrogen) atoms. The monoisotopic (exact) mass is 316 g/mol. The van der Waals surface area contributed by atoms with Crippen molar-refractivity contribution >= 4 is 11.9 Å². The summed E-state index contributed by atoms with van der Waals surface area (Å²) in [5, 5.41) is 7.14. The molecule has 0 spiro atoms. The third-order valence-electron chi connectivity index (χ3n) is 4.41. The molecule has 2 heterocycles. The highest BCUT2D eigenvalue weighted by atomic mass is 16.2. The number of imidazole rings is 1. The summed E-state index contributed by atoms with van der Waals surface area (Å²) in [6, 6.07) is -0.392. The van der Waals surface area contributed by atoms with Crippen LogP contribution in [0.25, 0.3) is 0 Å². The Morgan fingerprint density at radius 1 is 1.35 bits per heavy atom. The summed E-state index contributed by atoms with van der Waals surface area (Å²) in [6.45, 7) is 6.91. The first-order valence-corrected chi connectivity index (χ1v) is 8.35. The number of anilines is 1. The molecule has 0 aliphatic heterocycles. The van der Waals surface area contributed by atoms with Crippen LogP contribution in [0.4, 0.5) is 5.95 Å². The minimum absolute atomic E-state index is 0.0949. The number of hydrogen-bond acceptors (Lipinski definition) is 4. The summed E-state index contributed by atoms with van der Waals surface area (Å²) in [5.74, 6) is 0.675. The molecule has 124 valence electrons. The van der Waals surface area contributed by atoms with Gasteiger partial charge in [-0.2, -0.15) is 5.10 Å². The number of fused-ring (bicyclic) bond motifs is 1. The minimum Gasteiger partial charge on any atom is -0.314 e. The van der Waals surface area contributed by atoms with E-state index in [1.807, 2.05) is 13.8 Å². The zero-order valence-corrected chi connectivity index (χ0v) is 14.0. The highest BCUT2D eigenvalue weighted by Gasteiger charge is 2.27. The summed E-state index contributed by atoms with van der Waals surface area (Å²) in [5.41, 5.74) is 2.41. The number of nitrogens with zero attached hydrogens (tertiary/aromatic N) is 5. The smallest absolute Gasteiger partial charge is 0.251 e. The van der Waals surface area contributed by atoms with Gasteiger partial charge in [0.25, 0.3) is 5.91 Å². The van der Waals surface area contributed by atoms with Gasteiger partial charge in [-0.05, 0) is 38.5 Å². The average Bonchev–Trinajstić information content (AvgIpc) is 3.14. The molecule has 7 nitrogen and oxygen atoms in total. The van der Waals surface area contributed by atoms with Gasteiger partial charge in [0.05, 0.1) is 5.69 Å². The van der Waals surface area contributed by atoms with Gasteiger partial charge in [0.2, 0.25) is 5.95 Å². The maximum atomic E-state index is 12.8. The zero-order chi connectivity index (χ0) is 16.4. The van der Waals surface area contributed by atoms with E-state index in [-0.39, 0.29) is 11.8 Å². The van der Waals surface area contributed by atoms with Gasteiger partial charge in [0.1, 0.15) is 18.7 Å². The summed E-state index contributed by atoms with van der Waals surface area (Å²) in [4.78, 5) is 21.4. The molecule has 0 bridgehead atoms. The van der Waals surface area contributed by atoms with Crippen molar-refractivity contribution in [2.45, 2.75) is 59.0 Å². The van der Waals surface area contributed by atoms with E-state index >= 15 is 0 Å². The number of rotatable bonds is 5. The molecule has 1 N–H and O–H groups in total. The molecule has 1 atom stereocenters. The van der Waals surface area contributed by atoms with E-state index in [9.17, 15) is 4.79 Å². The summed E-state index contributed by atoms with van der Waals surface area (Å²) < 4.78 is 3.74. The maximum Gasteiger partial charge on any atom is 0.251 e. The normalized spacial score (nSPS) is 15.5. The molecular weight excluding hydrogens is 292 g/mol. The first kappa shape index (κ1) is 15.7. The lowest BCUT2D eigenvalue weighted by atomic mass is 10.0. The second-order valence-corrected chi connectivity index (χ2v) is 6.33. The van der Waals surface area contributed by atoms with Crippen molar-refractivity contribution in [1.82, 2.24) is 24.3 Å². The lowest BCUT2D eigenvalue weighted by molar-refractivity contribution is -0.120. The Balaban J connectivity index is 1.86. The summed E-state index contributed by atoms with van der Waals surface area (Å²) in [7, 11) is 0. The number of carbonyl (C=O) groups excluding carboxylic acids is 1. The first-order chi connectivity index (χ1) is 11.1. The van der Waals surface area contributed by atoms with Gasteiger partial charge in [0.15, 0.2) is 0 Å². The van der Waals surface area contributed by atoms with Crippen molar-refractivity contribution in [2.75, 3.05) is 5.32 Å². The molecule has 0 fully saturated rings. The predicted molar refractivity (Wildman–Crippen MR) is 87.1 cm³/mol. The van der Waals surface area contributed by atoms with E-state index in [4.69, 9.17) is 0 Å². The SMILES string of the molecule is CCn1c(NC(=O)C(C(C)C)n2cncn2)nc2c1CCCC2. The van der Waals surface area contributed by atoms with E-state index in [0.29, 0.717) is 5.95 Å². The third kappa shape index (κ3) is 3.00. The molecule has 0 radical (unpaired) electrons. The van der Waals surface area contributed by atoms with Gasteiger partial charge in [-0.3, -0.25) is 10.1 Å². The second-order valence-electron chi connectivity index (χ2n) is 6.33. The maximum absolute atomic E-state index is 12.8. The molecule has 0 aromatic carbocycles. The van der Waals surface area contributed by atoms with Gasteiger partial charge >= 0.3 is 0 Å². The fourth-order valence-corrected chi connectivity index (χ4v) is 3.31. The van der Waals surface area contributed by atoms with E-state index in [1.54, 1.807) is 11.0 Å². The molecule has 0 saturated carbocycles. The van der Waals surface area contributed by atoms with Crippen LogP contribution in [-0.2, 0) is 24.2 Å². The van der Waals surface area contributed by atoms with Crippen LogP contribution in [0.1, 0.15) is 51.0 Å². The molecule has 2 aromatic heterocycles. The number of aromatic nitrogens is 5. The van der Waals surface area contributed by atoms with Gasteiger partial charge in [-0.25, -0.2) is 14.6 Å². The number of carbonyl (C=O) groups is 1. The topological polar surface area (TPSA) is 77.6 Å². The quantitative estimate of drug-likeness (QED) is 0.917. The fraction of sp³-hybridized carbons (Fsp3) is 0.625. The Hall–Kier alpha value is -2.18. The van der Waals surface area contributed by atoms with Crippen LogP contribution in [0, 0.1) is 5.92 Å². The number of amides is 1. The Morgan fingerprint density at radius 3 is 2.78 bits per heavy atom. The van der Waals surface area contributed by atoms with Gasteiger partial charge in [-0.15, -0.1) is 0 Å². The molecule has 7 heteroatoms. The van der Waals surface area contributed by atoms with Crippen molar-refractivity contribution in [3.63, 3.8) is 0 Å². The van der Waals surface area contributed by atoms with Crippen molar-refractivity contribution in [2.24, 2.45) is 5.92 Å². The zero-order valence-electron chi connectivity index (χ0n) is 14.0. The average molecular weight is 316 g/mol. The minimum atomic E-state index is -0.392. The van der Waals surface area contributed by atoms with E-state index in [1.165, 1.54) is 24.9 Å². The fourth-order valence-electron chi connectivity index (χ4n) is 3.31. The Morgan fingerprint density at radius 2 is 2.13 bits per heavy atom. The van der Waals surface area contributed by atoms with Crippen LogP contribution >= 0.6 is 0 Å². The highest BCUT2D eigenvalue weighted by Crippen LogP contribution is 2.26. The molecule has 0 saturated heterocycles. The van der Waals surface area contributed by atoms with Crippen molar-refractivity contribution in [1.29, 1.82) is 0 Å². The summed E-state index contributed by atoms with van der Waals surface area (Å²) >= 11 is 0.